The molecule has 4 heteroatoms. The van der Waals surface area contributed by atoms with Crippen LogP contribution in [0.1, 0.15) is 67.3 Å². The lowest BCUT2D eigenvalue weighted by atomic mass is 9.86. The Hall–Kier alpha value is -1.29. The molecule has 0 aromatic carbocycles. The van der Waals surface area contributed by atoms with Crippen molar-refractivity contribution in [1.82, 2.24) is 9.88 Å². The first-order chi connectivity index (χ1) is 9.93. The van der Waals surface area contributed by atoms with E-state index in [1.165, 1.54) is 0 Å². The van der Waals surface area contributed by atoms with Crippen LogP contribution < -0.4 is 5.32 Å². The minimum atomic E-state index is 0.0439. The van der Waals surface area contributed by atoms with Gasteiger partial charge in [-0.25, -0.2) is 0 Å². The largest absolute Gasteiger partial charge is 0.396 e. The van der Waals surface area contributed by atoms with Crippen LogP contribution in [0.25, 0.3) is 0 Å². The molecule has 1 amide bonds. The standard InChI is InChI=1S/C17H28N2O2/c1-11(2)19-12(3)9-16(13(19)4)17(21)18-15-7-5-14(10-20)6-8-15/h9,11,14-15,20H,5-8,10H2,1-4H3,(H,18,21). The van der Waals surface area contributed by atoms with Gasteiger partial charge >= 0.3 is 0 Å². The number of carbonyl (C=O) groups excluding carboxylic acids is 1. The first kappa shape index (κ1) is 16.1. The van der Waals surface area contributed by atoms with Crippen molar-refractivity contribution in [2.45, 2.75) is 65.5 Å². The molecule has 21 heavy (non-hydrogen) atoms. The summed E-state index contributed by atoms with van der Waals surface area (Å²) in [5.74, 6) is 0.464. The number of aliphatic hydroxyl groups is 1. The average molecular weight is 292 g/mol. The van der Waals surface area contributed by atoms with Crippen molar-refractivity contribution in [2.24, 2.45) is 5.92 Å². The fourth-order valence-electron chi connectivity index (χ4n) is 3.55. The summed E-state index contributed by atoms with van der Waals surface area (Å²) in [5, 5.41) is 12.3. The van der Waals surface area contributed by atoms with Crippen LogP contribution in [0.5, 0.6) is 0 Å². The number of aromatic nitrogens is 1. The highest BCUT2D eigenvalue weighted by Crippen LogP contribution is 2.25. The van der Waals surface area contributed by atoms with Crippen LogP contribution in [0, 0.1) is 19.8 Å². The molecule has 0 radical (unpaired) electrons. The van der Waals surface area contributed by atoms with Crippen LogP contribution >= 0.6 is 0 Å². The van der Waals surface area contributed by atoms with Gasteiger partial charge in [0, 0.05) is 30.1 Å². The van der Waals surface area contributed by atoms with Gasteiger partial charge < -0.3 is 15.0 Å². The Kier molecular flexibility index (Phi) is 5.09. The first-order valence-electron chi connectivity index (χ1n) is 8.04. The molecular formula is C17H28N2O2. The Morgan fingerprint density at radius 3 is 2.43 bits per heavy atom. The number of carbonyl (C=O) groups is 1. The molecule has 0 atom stereocenters. The molecule has 2 N–H and O–H groups in total. The third-order valence-electron chi connectivity index (χ3n) is 4.69. The monoisotopic (exact) mass is 292 g/mol. The van der Waals surface area contributed by atoms with Crippen molar-refractivity contribution >= 4 is 5.91 Å². The summed E-state index contributed by atoms with van der Waals surface area (Å²) in [6.45, 7) is 8.62. The van der Waals surface area contributed by atoms with Crippen LogP contribution in [0.3, 0.4) is 0 Å². The highest BCUT2D eigenvalue weighted by molar-refractivity contribution is 5.95. The van der Waals surface area contributed by atoms with E-state index in [-0.39, 0.29) is 18.6 Å². The van der Waals surface area contributed by atoms with Gasteiger partial charge in [-0.15, -0.1) is 0 Å². The van der Waals surface area contributed by atoms with Crippen LogP contribution in [0.4, 0.5) is 0 Å². The predicted octanol–water partition coefficient (Wildman–Crippen LogP) is 2.97. The maximum absolute atomic E-state index is 12.5. The van der Waals surface area contributed by atoms with Crippen molar-refractivity contribution in [1.29, 1.82) is 0 Å². The molecule has 0 bridgehead atoms. The summed E-state index contributed by atoms with van der Waals surface area (Å²) < 4.78 is 2.21. The van der Waals surface area contributed by atoms with E-state index in [0.29, 0.717) is 12.0 Å². The Balaban J connectivity index is 2.03. The highest BCUT2D eigenvalue weighted by Gasteiger charge is 2.24. The van der Waals surface area contributed by atoms with E-state index >= 15 is 0 Å². The fraction of sp³-hybridized carbons (Fsp3) is 0.706. The molecule has 0 spiro atoms. The second-order valence-corrected chi connectivity index (χ2v) is 6.62. The smallest absolute Gasteiger partial charge is 0.253 e. The molecule has 0 unspecified atom stereocenters. The Morgan fingerprint density at radius 1 is 1.33 bits per heavy atom. The van der Waals surface area contributed by atoms with Crippen molar-refractivity contribution in [3.05, 3.63) is 23.0 Å². The zero-order valence-corrected chi connectivity index (χ0v) is 13.6. The van der Waals surface area contributed by atoms with Crippen molar-refractivity contribution in [3.8, 4) is 0 Å². The number of amides is 1. The summed E-state index contributed by atoms with van der Waals surface area (Å²) in [4.78, 5) is 12.5. The number of nitrogens with one attached hydrogen (secondary N) is 1. The summed E-state index contributed by atoms with van der Waals surface area (Å²) in [5.41, 5.74) is 2.98. The Morgan fingerprint density at radius 2 is 1.95 bits per heavy atom. The van der Waals surface area contributed by atoms with Gasteiger partial charge in [0.15, 0.2) is 0 Å². The highest BCUT2D eigenvalue weighted by atomic mass is 16.3. The molecule has 0 saturated heterocycles. The third kappa shape index (κ3) is 3.49. The second kappa shape index (κ2) is 6.65. The van der Waals surface area contributed by atoms with E-state index in [2.05, 4.69) is 30.7 Å². The van der Waals surface area contributed by atoms with Crippen LogP contribution in [0.15, 0.2) is 6.07 Å². The van der Waals surface area contributed by atoms with E-state index in [9.17, 15) is 4.79 Å². The molecule has 2 rings (SSSR count). The molecule has 1 saturated carbocycles. The van der Waals surface area contributed by atoms with Crippen molar-refractivity contribution in [3.63, 3.8) is 0 Å². The quantitative estimate of drug-likeness (QED) is 0.896. The topological polar surface area (TPSA) is 54.3 Å². The predicted molar refractivity (Wildman–Crippen MR) is 84.6 cm³/mol. The molecule has 1 heterocycles. The van der Waals surface area contributed by atoms with Gasteiger partial charge in [0.05, 0.1) is 5.56 Å². The van der Waals surface area contributed by atoms with E-state index in [1.54, 1.807) is 0 Å². The number of rotatable bonds is 4. The van der Waals surface area contributed by atoms with E-state index in [0.717, 1.165) is 42.6 Å². The zero-order chi connectivity index (χ0) is 15.6. The third-order valence-corrected chi connectivity index (χ3v) is 4.69. The van der Waals surface area contributed by atoms with E-state index < -0.39 is 0 Å². The van der Waals surface area contributed by atoms with E-state index in [4.69, 9.17) is 5.11 Å². The minimum absolute atomic E-state index is 0.0439. The molecule has 118 valence electrons. The molecule has 1 fully saturated rings. The van der Waals surface area contributed by atoms with Gasteiger partial charge in [-0.2, -0.15) is 0 Å². The van der Waals surface area contributed by atoms with Gasteiger partial charge in [0.1, 0.15) is 0 Å². The molecule has 0 aliphatic heterocycles. The van der Waals surface area contributed by atoms with Gasteiger partial charge in [-0.05, 0) is 65.4 Å². The first-order valence-corrected chi connectivity index (χ1v) is 8.04. The molecule has 1 aliphatic carbocycles. The average Bonchev–Trinajstić information content (AvgIpc) is 2.75. The van der Waals surface area contributed by atoms with Crippen molar-refractivity contribution in [2.75, 3.05) is 6.61 Å². The summed E-state index contributed by atoms with van der Waals surface area (Å²) >= 11 is 0. The normalized spacial score (nSPS) is 22.6. The molecule has 1 aromatic heterocycles. The number of nitrogens with zero attached hydrogens (tertiary/aromatic N) is 1. The summed E-state index contributed by atoms with van der Waals surface area (Å²) in [7, 11) is 0. The van der Waals surface area contributed by atoms with E-state index in [1.807, 2.05) is 13.0 Å². The van der Waals surface area contributed by atoms with Crippen molar-refractivity contribution < 1.29 is 9.90 Å². The van der Waals surface area contributed by atoms with Gasteiger partial charge in [0.25, 0.3) is 5.91 Å². The second-order valence-electron chi connectivity index (χ2n) is 6.62. The lowest BCUT2D eigenvalue weighted by molar-refractivity contribution is 0.0913. The lowest BCUT2D eigenvalue weighted by Crippen LogP contribution is -2.38. The SMILES string of the molecule is Cc1cc(C(=O)NC2CCC(CO)CC2)c(C)n1C(C)C. The minimum Gasteiger partial charge on any atom is -0.396 e. The summed E-state index contributed by atoms with van der Waals surface area (Å²) in [6.07, 6.45) is 3.96. The zero-order valence-electron chi connectivity index (χ0n) is 13.6. The number of aliphatic hydroxyl groups excluding tert-OH is 1. The molecule has 4 nitrogen and oxygen atoms in total. The fourth-order valence-corrected chi connectivity index (χ4v) is 3.55. The number of aryl methyl sites for hydroxylation is 1. The Labute approximate surface area is 127 Å². The lowest BCUT2D eigenvalue weighted by Gasteiger charge is -2.28. The number of hydrogen-bond acceptors (Lipinski definition) is 2. The van der Waals surface area contributed by atoms with Gasteiger partial charge in [0.2, 0.25) is 0 Å². The van der Waals surface area contributed by atoms with Crippen LogP contribution in [-0.4, -0.2) is 28.2 Å². The molecule has 1 aromatic rings. The summed E-state index contributed by atoms with van der Waals surface area (Å²) in [6, 6.07) is 2.61. The number of hydrogen-bond donors (Lipinski definition) is 2. The van der Waals surface area contributed by atoms with Crippen LogP contribution in [-0.2, 0) is 0 Å². The molecular weight excluding hydrogens is 264 g/mol. The van der Waals surface area contributed by atoms with Crippen LogP contribution in [0.2, 0.25) is 0 Å². The van der Waals surface area contributed by atoms with Gasteiger partial charge in [-0.3, -0.25) is 4.79 Å². The van der Waals surface area contributed by atoms with Gasteiger partial charge in [-0.1, -0.05) is 0 Å². The Bertz CT molecular complexity index is 497. The maximum atomic E-state index is 12.5. The maximum Gasteiger partial charge on any atom is 0.253 e. The molecule has 1 aliphatic rings.